The van der Waals surface area contributed by atoms with Crippen LogP contribution in [0.3, 0.4) is 0 Å². The number of aromatic nitrogens is 4. The monoisotopic (exact) mass is 334 g/mol. The molecule has 0 amide bonds. The quantitative estimate of drug-likeness (QED) is 0.895. The Kier molecular flexibility index (Phi) is 4.49. The molecular formula is C14H18N6O2S. The molecule has 0 aromatic carbocycles. The van der Waals surface area contributed by atoms with Crippen molar-refractivity contribution in [1.82, 2.24) is 24.2 Å². The van der Waals surface area contributed by atoms with Crippen molar-refractivity contribution in [2.45, 2.75) is 18.8 Å². The summed E-state index contributed by atoms with van der Waals surface area (Å²) in [7, 11) is -3.18. The van der Waals surface area contributed by atoms with Gasteiger partial charge in [0.15, 0.2) is 5.82 Å². The van der Waals surface area contributed by atoms with Gasteiger partial charge < -0.3 is 5.32 Å². The number of anilines is 2. The second-order valence-electron chi connectivity index (χ2n) is 5.49. The molecular weight excluding hydrogens is 316 g/mol. The minimum Gasteiger partial charge on any atom is -0.307 e. The first kappa shape index (κ1) is 15.8. The van der Waals surface area contributed by atoms with E-state index in [1.54, 1.807) is 30.9 Å². The van der Waals surface area contributed by atoms with Gasteiger partial charge in [-0.2, -0.15) is 0 Å². The van der Waals surface area contributed by atoms with Gasteiger partial charge in [0.25, 0.3) is 0 Å². The molecule has 3 heterocycles. The van der Waals surface area contributed by atoms with Crippen LogP contribution in [0.1, 0.15) is 24.5 Å². The SMILES string of the molecule is CS(=O)(=O)N1CCC[C@H](c2cncc(Nc3ncccn3)n2)C1. The lowest BCUT2D eigenvalue weighted by molar-refractivity contribution is 0.314. The molecule has 1 N–H and O–H groups in total. The van der Waals surface area contributed by atoms with Gasteiger partial charge in [0.1, 0.15) is 0 Å². The lowest BCUT2D eigenvalue weighted by Gasteiger charge is -2.30. The molecule has 1 fully saturated rings. The summed E-state index contributed by atoms with van der Waals surface area (Å²) in [6, 6.07) is 1.73. The molecule has 2 aromatic rings. The highest BCUT2D eigenvalue weighted by molar-refractivity contribution is 7.88. The zero-order valence-corrected chi connectivity index (χ0v) is 13.6. The Morgan fingerprint density at radius 3 is 2.78 bits per heavy atom. The summed E-state index contributed by atoms with van der Waals surface area (Å²) in [5, 5.41) is 3.00. The van der Waals surface area contributed by atoms with E-state index in [1.165, 1.54) is 10.6 Å². The molecule has 1 atom stereocenters. The fraction of sp³-hybridized carbons (Fsp3) is 0.429. The van der Waals surface area contributed by atoms with Crippen molar-refractivity contribution in [3.8, 4) is 0 Å². The van der Waals surface area contributed by atoms with E-state index in [2.05, 4.69) is 25.3 Å². The maximum absolute atomic E-state index is 11.7. The van der Waals surface area contributed by atoms with E-state index >= 15 is 0 Å². The van der Waals surface area contributed by atoms with Crippen molar-refractivity contribution in [2.75, 3.05) is 24.7 Å². The van der Waals surface area contributed by atoms with Crippen LogP contribution in [0.25, 0.3) is 0 Å². The summed E-state index contributed by atoms with van der Waals surface area (Å²) in [4.78, 5) is 16.9. The van der Waals surface area contributed by atoms with Crippen LogP contribution in [0.15, 0.2) is 30.9 Å². The van der Waals surface area contributed by atoms with Gasteiger partial charge in [-0.1, -0.05) is 0 Å². The van der Waals surface area contributed by atoms with Gasteiger partial charge in [-0.3, -0.25) is 4.98 Å². The summed E-state index contributed by atoms with van der Waals surface area (Å²) >= 11 is 0. The number of hydrogen-bond acceptors (Lipinski definition) is 7. The lowest BCUT2D eigenvalue weighted by Crippen LogP contribution is -2.38. The summed E-state index contributed by atoms with van der Waals surface area (Å²) < 4.78 is 25.0. The van der Waals surface area contributed by atoms with Crippen molar-refractivity contribution < 1.29 is 8.42 Å². The first-order valence-electron chi connectivity index (χ1n) is 7.33. The highest BCUT2D eigenvalue weighted by Gasteiger charge is 2.27. The van der Waals surface area contributed by atoms with E-state index < -0.39 is 10.0 Å². The molecule has 0 saturated carbocycles. The van der Waals surface area contributed by atoms with Crippen molar-refractivity contribution in [2.24, 2.45) is 0 Å². The molecule has 8 nitrogen and oxygen atoms in total. The molecule has 0 bridgehead atoms. The van der Waals surface area contributed by atoms with Gasteiger partial charge in [0.2, 0.25) is 16.0 Å². The van der Waals surface area contributed by atoms with Gasteiger partial charge >= 0.3 is 0 Å². The number of sulfonamides is 1. The Bertz CT molecular complexity index is 768. The molecule has 122 valence electrons. The fourth-order valence-electron chi connectivity index (χ4n) is 2.60. The van der Waals surface area contributed by atoms with Crippen LogP contribution in [0.2, 0.25) is 0 Å². The second-order valence-corrected chi connectivity index (χ2v) is 7.47. The van der Waals surface area contributed by atoms with Crippen LogP contribution < -0.4 is 5.32 Å². The molecule has 0 radical (unpaired) electrons. The Balaban J connectivity index is 1.77. The Morgan fingerprint density at radius 2 is 2.04 bits per heavy atom. The van der Waals surface area contributed by atoms with E-state index in [-0.39, 0.29) is 5.92 Å². The maximum atomic E-state index is 11.7. The van der Waals surface area contributed by atoms with Gasteiger partial charge in [0, 0.05) is 37.6 Å². The first-order chi connectivity index (χ1) is 11.0. The van der Waals surface area contributed by atoms with Gasteiger partial charge in [-0.05, 0) is 18.9 Å². The van der Waals surface area contributed by atoms with E-state index in [0.717, 1.165) is 18.5 Å². The van der Waals surface area contributed by atoms with E-state index in [0.29, 0.717) is 24.9 Å². The second kappa shape index (κ2) is 6.55. The molecule has 1 aliphatic rings. The molecule has 23 heavy (non-hydrogen) atoms. The van der Waals surface area contributed by atoms with Gasteiger partial charge in [-0.15, -0.1) is 0 Å². The number of hydrogen-bond donors (Lipinski definition) is 1. The minimum absolute atomic E-state index is 0.0458. The summed E-state index contributed by atoms with van der Waals surface area (Å²) in [6.45, 7) is 1.01. The van der Waals surface area contributed by atoms with Crippen LogP contribution >= 0.6 is 0 Å². The third-order valence-corrected chi connectivity index (χ3v) is 5.00. The minimum atomic E-state index is -3.18. The summed E-state index contributed by atoms with van der Waals surface area (Å²) in [5.41, 5.74) is 0.777. The Labute approximate surface area is 135 Å². The van der Waals surface area contributed by atoms with Crippen molar-refractivity contribution in [3.05, 3.63) is 36.5 Å². The Morgan fingerprint density at radius 1 is 1.26 bits per heavy atom. The molecule has 1 saturated heterocycles. The maximum Gasteiger partial charge on any atom is 0.228 e. The zero-order chi connectivity index (χ0) is 16.3. The highest BCUT2D eigenvalue weighted by atomic mass is 32.2. The summed E-state index contributed by atoms with van der Waals surface area (Å²) in [5.74, 6) is 1.04. The normalized spacial score (nSPS) is 19.4. The van der Waals surface area contributed by atoms with E-state index in [9.17, 15) is 8.42 Å². The molecule has 2 aromatic heterocycles. The molecule has 0 aliphatic carbocycles. The largest absolute Gasteiger partial charge is 0.307 e. The third kappa shape index (κ3) is 3.99. The van der Waals surface area contributed by atoms with Crippen molar-refractivity contribution in [1.29, 1.82) is 0 Å². The first-order valence-corrected chi connectivity index (χ1v) is 9.18. The van der Waals surface area contributed by atoms with E-state index in [4.69, 9.17) is 0 Å². The number of nitrogens with one attached hydrogen (secondary N) is 1. The van der Waals surface area contributed by atoms with Crippen LogP contribution in [-0.2, 0) is 10.0 Å². The topological polar surface area (TPSA) is 101 Å². The molecule has 0 spiro atoms. The number of nitrogens with zero attached hydrogens (tertiary/aromatic N) is 5. The third-order valence-electron chi connectivity index (χ3n) is 3.73. The fourth-order valence-corrected chi connectivity index (χ4v) is 3.51. The lowest BCUT2D eigenvalue weighted by atomic mass is 9.96. The number of rotatable bonds is 4. The van der Waals surface area contributed by atoms with Crippen LogP contribution in [0.4, 0.5) is 11.8 Å². The van der Waals surface area contributed by atoms with Crippen molar-refractivity contribution >= 4 is 21.8 Å². The Hall–Kier alpha value is -2.13. The van der Waals surface area contributed by atoms with Gasteiger partial charge in [0.05, 0.1) is 18.1 Å². The smallest absolute Gasteiger partial charge is 0.228 e. The predicted octanol–water partition coefficient (Wildman–Crippen LogP) is 1.15. The standard InChI is InChI=1S/C14H18N6O2S/c1-23(21,22)20-7-2-4-11(10-20)12-8-15-9-13(18-12)19-14-16-5-3-6-17-14/h3,5-6,8-9,11H,2,4,7,10H2,1H3,(H,16,17,18,19)/t11-/m0/s1. The van der Waals surface area contributed by atoms with Crippen molar-refractivity contribution in [3.63, 3.8) is 0 Å². The molecule has 1 aliphatic heterocycles. The molecule has 0 unspecified atom stereocenters. The predicted molar refractivity (Wildman–Crippen MR) is 85.7 cm³/mol. The zero-order valence-electron chi connectivity index (χ0n) is 12.8. The average Bonchev–Trinajstić information content (AvgIpc) is 2.55. The highest BCUT2D eigenvalue weighted by Crippen LogP contribution is 2.27. The van der Waals surface area contributed by atoms with Crippen LogP contribution in [-0.4, -0.2) is 52.0 Å². The number of piperidine rings is 1. The van der Waals surface area contributed by atoms with Crippen LogP contribution in [0, 0.1) is 0 Å². The molecule has 3 rings (SSSR count). The molecule has 9 heteroatoms. The van der Waals surface area contributed by atoms with E-state index in [1.807, 2.05) is 0 Å². The van der Waals surface area contributed by atoms with Crippen LogP contribution in [0.5, 0.6) is 0 Å². The van der Waals surface area contributed by atoms with Gasteiger partial charge in [-0.25, -0.2) is 27.7 Å². The average molecular weight is 334 g/mol. The summed E-state index contributed by atoms with van der Waals surface area (Å²) in [6.07, 6.45) is 9.51.